The number of hydrogen-bond acceptors (Lipinski definition) is 4. The molecule has 0 bridgehead atoms. The molecule has 6 nitrogen and oxygen atoms in total. The Balaban J connectivity index is 1.59. The largest absolute Gasteiger partial charge is 0.324 e. The minimum atomic E-state index is -1.12. The van der Waals surface area contributed by atoms with E-state index in [1.807, 2.05) is 43.3 Å². The van der Waals surface area contributed by atoms with Crippen LogP contribution in [0.15, 0.2) is 46.9 Å². The van der Waals surface area contributed by atoms with Gasteiger partial charge < -0.3 is 5.32 Å². The van der Waals surface area contributed by atoms with Gasteiger partial charge in [-0.1, -0.05) is 30.3 Å². The van der Waals surface area contributed by atoms with Crippen molar-refractivity contribution >= 4 is 45.0 Å². The van der Waals surface area contributed by atoms with Gasteiger partial charge in [-0.25, -0.2) is 4.90 Å². The SMILES string of the molecule is Cc1cccc2c1NC(=O)[C@]21[C@@H]2C(=O)N(c3ccccc3Br)C(=O)[C@@H]2[C@@H]2CCCN21. The van der Waals surface area contributed by atoms with Crippen LogP contribution >= 0.6 is 15.9 Å². The van der Waals surface area contributed by atoms with Crippen LogP contribution in [0.1, 0.15) is 24.0 Å². The summed E-state index contributed by atoms with van der Waals surface area (Å²) in [4.78, 5) is 44.6. The van der Waals surface area contributed by atoms with E-state index in [9.17, 15) is 14.4 Å². The first-order chi connectivity index (χ1) is 14.5. The molecule has 2 aromatic rings. The average molecular weight is 466 g/mol. The molecule has 152 valence electrons. The Kier molecular flexibility index (Phi) is 3.66. The zero-order valence-corrected chi connectivity index (χ0v) is 18.0. The minimum absolute atomic E-state index is 0.101. The summed E-state index contributed by atoms with van der Waals surface area (Å²) in [7, 11) is 0. The van der Waals surface area contributed by atoms with E-state index in [0.717, 1.165) is 29.7 Å². The average Bonchev–Trinajstić information content (AvgIpc) is 3.42. The van der Waals surface area contributed by atoms with Gasteiger partial charge in [-0.3, -0.25) is 19.3 Å². The third-order valence-corrected chi connectivity index (χ3v) is 8.00. The van der Waals surface area contributed by atoms with E-state index < -0.39 is 17.4 Å². The predicted molar refractivity (Wildman–Crippen MR) is 115 cm³/mol. The Labute approximate surface area is 182 Å². The van der Waals surface area contributed by atoms with Crippen LogP contribution in [0.25, 0.3) is 0 Å². The number of nitrogens with zero attached hydrogens (tertiary/aromatic N) is 2. The van der Waals surface area contributed by atoms with E-state index in [2.05, 4.69) is 26.1 Å². The zero-order chi connectivity index (χ0) is 20.8. The Morgan fingerprint density at radius 2 is 1.87 bits per heavy atom. The molecule has 4 aliphatic heterocycles. The van der Waals surface area contributed by atoms with Gasteiger partial charge >= 0.3 is 0 Å². The summed E-state index contributed by atoms with van der Waals surface area (Å²) >= 11 is 3.48. The Morgan fingerprint density at radius 3 is 2.67 bits per heavy atom. The fourth-order valence-electron chi connectivity index (χ4n) is 6.25. The van der Waals surface area contributed by atoms with Crippen molar-refractivity contribution in [1.82, 2.24) is 4.90 Å². The molecule has 0 radical (unpaired) electrons. The van der Waals surface area contributed by atoms with Gasteiger partial charge in [-0.2, -0.15) is 0 Å². The van der Waals surface area contributed by atoms with Crippen molar-refractivity contribution in [2.24, 2.45) is 11.8 Å². The number of anilines is 2. The third kappa shape index (κ3) is 1.95. The second kappa shape index (κ2) is 6.02. The van der Waals surface area contributed by atoms with Crippen molar-refractivity contribution < 1.29 is 14.4 Å². The number of aryl methyl sites for hydroxylation is 1. The molecule has 3 fully saturated rings. The van der Waals surface area contributed by atoms with Crippen LogP contribution in [0.5, 0.6) is 0 Å². The standard InChI is InChI=1S/C23H20BrN3O3/c1-12-6-4-7-13-19(12)25-22(30)23(13)18-17(16-10-5-11-26(16)23)20(28)27(21(18)29)15-9-3-2-8-14(15)24/h2-4,6-9,16-18H,5,10-11H2,1H3,(H,25,30)/t16-,17+,18-,23+/m0/s1. The molecule has 3 amide bonds. The van der Waals surface area contributed by atoms with Crippen molar-refractivity contribution in [3.05, 3.63) is 58.1 Å². The lowest BCUT2D eigenvalue weighted by Crippen LogP contribution is -2.54. The topological polar surface area (TPSA) is 69.7 Å². The van der Waals surface area contributed by atoms with E-state index in [-0.39, 0.29) is 23.8 Å². The van der Waals surface area contributed by atoms with Crippen molar-refractivity contribution in [3.8, 4) is 0 Å². The van der Waals surface area contributed by atoms with Gasteiger partial charge in [0.15, 0.2) is 0 Å². The van der Waals surface area contributed by atoms with Gasteiger partial charge in [0.25, 0.3) is 0 Å². The number of carbonyl (C=O) groups is 3. The van der Waals surface area contributed by atoms with Crippen LogP contribution in [0, 0.1) is 18.8 Å². The number of benzene rings is 2. The molecule has 0 aromatic heterocycles. The lowest BCUT2D eigenvalue weighted by Gasteiger charge is -2.36. The predicted octanol–water partition coefficient (Wildman–Crippen LogP) is 3.19. The van der Waals surface area contributed by atoms with Crippen molar-refractivity contribution in [2.45, 2.75) is 31.3 Å². The number of halogens is 1. The number of carbonyl (C=O) groups excluding carboxylic acids is 3. The van der Waals surface area contributed by atoms with Crippen LogP contribution in [0.4, 0.5) is 11.4 Å². The van der Waals surface area contributed by atoms with Gasteiger partial charge in [0.1, 0.15) is 5.54 Å². The van der Waals surface area contributed by atoms with Crippen LogP contribution in [0.2, 0.25) is 0 Å². The zero-order valence-electron chi connectivity index (χ0n) is 16.4. The van der Waals surface area contributed by atoms with E-state index in [1.165, 1.54) is 4.90 Å². The summed E-state index contributed by atoms with van der Waals surface area (Å²) in [5.74, 6) is -1.88. The highest BCUT2D eigenvalue weighted by Crippen LogP contribution is 2.61. The van der Waals surface area contributed by atoms with Crippen molar-refractivity contribution in [3.63, 3.8) is 0 Å². The molecule has 0 saturated carbocycles. The van der Waals surface area contributed by atoms with Crippen LogP contribution in [-0.4, -0.2) is 35.2 Å². The molecule has 30 heavy (non-hydrogen) atoms. The Morgan fingerprint density at radius 1 is 1.07 bits per heavy atom. The first-order valence-electron chi connectivity index (χ1n) is 10.3. The summed E-state index contributed by atoms with van der Waals surface area (Å²) < 4.78 is 0.691. The van der Waals surface area contributed by atoms with Gasteiger partial charge in [-0.05, 0) is 59.9 Å². The molecule has 4 atom stereocenters. The first kappa shape index (κ1) is 18.3. The molecule has 0 aliphatic carbocycles. The maximum atomic E-state index is 13.9. The van der Waals surface area contributed by atoms with E-state index in [4.69, 9.17) is 0 Å². The van der Waals surface area contributed by atoms with Gasteiger partial charge in [-0.15, -0.1) is 0 Å². The molecule has 4 heterocycles. The smallest absolute Gasteiger partial charge is 0.250 e. The summed E-state index contributed by atoms with van der Waals surface area (Å²) in [5, 5.41) is 3.05. The molecular weight excluding hydrogens is 446 g/mol. The molecule has 0 unspecified atom stereocenters. The minimum Gasteiger partial charge on any atom is -0.324 e. The summed E-state index contributed by atoms with van der Waals surface area (Å²) in [6.07, 6.45) is 1.74. The monoisotopic (exact) mass is 465 g/mol. The Bertz CT molecular complexity index is 1150. The van der Waals surface area contributed by atoms with Crippen LogP contribution in [-0.2, 0) is 19.9 Å². The van der Waals surface area contributed by atoms with Gasteiger partial charge in [0.05, 0.1) is 17.5 Å². The number of amides is 3. The van der Waals surface area contributed by atoms with Gasteiger partial charge in [0.2, 0.25) is 17.7 Å². The highest BCUT2D eigenvalue weighted by atomic mass is 79.9. The summed E-state index contributed by atoms with van der Waals surface area (Å²) in [5.41, 5.74) is 2.02. The van der Waals surface area contributed by atoms with E-state index in [0.29, 0.717) is 16.7 Å². The molecule has 4 aliphatic rings. The van der Waals surface area contributed by atoms with Crippen LogP contribution < -0.4 is 10.2 Å². The number of nitrogens with one attached hydrogen (secondary N) is 1. The maximum absolute atomic E-state index is 13.9. The highest BCUT2D eigenvalue weighted by molar-refractivity contribution is 9.10. The highest BCUT2D eigenvalue weighted by Gasteiger charge is 2.74. The second-order valence-electron chi connectivity index (χ2n) is 8.59. The molecule has 7 heteroatoms. The molecule has 1 spiro atoms. The van der Waals surface area contributed by atoms with Crippen molar-refractivity contribution in [1.29, 1.82) is 0 Å². The Hall–Kier alpha value is -2.51. The van der Waals surface area contributed by atoms with Gasteiger partial charge in [0, 0.05) is 21.8 Å². The van der Waals surface area contributed by atoms with E-state index in [1.54, 1.807) is 6.07 Å². The molecule has 6 rings (SSSR count). The third-order valence-electron chi connectivity index (χ3n) is 7.33. The first-order valence-corrected chi connectivity index (χ1v) is 11.1. The lowest BCUT2D eigenvalue weighted by molar-refractivity contribution is -0.135. The summed E-state index contributed by atoms with van der Waals surface area (Å²) in [6.45, 7) is 2.68. The van der Waals surface area contributed by atoms with E-state index >= 15 is 0 Å². The molecule has 3 saturated heterocycles. The second-order valence-corrected chi connectivity index (χ2v) is 9.44. The maximum Gasteiger partial charge on any atom is 0.250 e. The number of rotatable bonds is 1. The number of para-hydroxylation sites is 2. The van der Waals surface area contributed by atoms with Crippen LogP contribution in [0.3, 0.4) is 0 Å². The fourth-order valence-corrected chi connectivity index (χ4v) is 6.71. The number of fused-ring (bicyclic) bond motifs is 7. The number of hydrogen-bond donors (Lipinski definition) is 1. The molecular formula is C23H20BrN3O3. The van der Waals surface area contributed by atoms with Crippen molar-refractivity contribution in [2.75, 3.05) is 16.8 Å². The fraction of sp³-hybridized carbons (Fsp3) is 0.348. The quantitative estimate of drug-likeness (QED) is 0.656. The molecule has 2 aromatic carbocycles. The lowest BCUT2D eigenvalue weighted by atomic mass is 9.75. The summed E-state index contributed by atoms with van der Waals surface area (Å²) in [6, 6.07) is 13.0. The number of imide groups is 1. The normalized spacial score (nSPS) is 32.0. The molecule has 1 N–H and O–H groups in total.